The average Bonchev–Trinajstić information content (AvgIpc) is 3.33. The van der Waals surface area contributed by atoms with Gasteiger partial charge in [0.2, 0.25) is 11.8 Å². The molecule has 1 amide bonds. The second-order valence-electron chi connectivity index (χ2n) is 9.67. The molecule has 1 atom stereocenters. The highest BCUT2D eigenvalue weighted by Crippen LogP contribution is 2.46. The maximum absolute atomic E-state index is 13.4. The minimum atomic E-state index is -2.67. The van der Waals surface area contributed by atoms with E-state index in [1.807, 2.05) is 12.1 Å². The molecule has 2 heterocycles. The van der Waals surface area contributed by atoms with E-state index < -0.39 is 11.8 Å². The van der Waals surface area contributed by atoms with Crippen LogP contribution in [0.2, 0.25) is 5.02 Å². The second-order valence-corrected chi connectivity index (χ2v) is 10.1. The zero-order chi connectivity index (χ0) is 21.6. The number of nitrogens with one attached hydrogen (secondary N) is 1. The number of nitrogens with zero attached hydrogens (tertiary/aromatic N) is 2. The van der Waals surface area contributed by atoms with Crippen molar-refractivity contribution in [2.75, 3.05) is 18.0 Å². The molecule has 5 rings (SSSR count). The van der Waals surface area contributed by atoms with Crippen molar-refractivity contribution in [2.45, 2.75) is 69.8 Å². The molecular formula is C23H28ClF2N3O2. The standard InChI is InChI=1S/C23H28ClF2N3O2/c24-16-1-2-19-18(13-16)28-21(31-19)29-11-9-22(10-12-29)6-4-17(5-7-22)27-20(30)15-3-8-23(25,26)14-15/h1-2,13,15,17H,3-12,14H2,(H,27,30). The van der Waals surface area contributed by atoms with Crippen molar-refractivity contribution in [1.82, 2.24) is 10.3 Å². The van der Waals surface area contributed by atoms with Crippen molar-refractivity contribution in [2.24, 2.45) is 11.3 Å². The van der Waals surface area contributed by atoms with Crippen LogP contribution in [0.15, 0.2) is 22.6 Å². The average molecular weight is 452 g/mol. The van der Waals surface area contributed by atoms with Crippen molar-refractivity contribution in [3.05, 3.63) is 23.2 Å². The van der Waals surface area contributed by atoms with Crippen LogP contribution < -0.4 is 10.2 Å². The number of fused-ring (bicyclic) bond motifs is 1. The summed E-state index contributed by atoms with van der Waals surface area (Å²) >= 11 is 6.05. The lowest BCUT2D eigenvalue weighted by molar-refractivity contribution is -0.127. The van der Waals surface area contributed by atoms with E-state index in [9.17, 15) is 13.6 Å². The van der Waals surface area contributed by atoms with Gasteiger partial charge in [-0.2, -0.15) is 4.98 Å². The molecule has 1 spiro atoms. The van der Waals surface area contributed by atoms with Crippen LogP contribution >= 0.6 is 11.6 Å². The summed E-state index contributed by atoms with van der Waals surface area (Å²) in [6.07, 6.45) is 5.96. The molecule has 31 heavy (non-hydrogen) atoms. The third-order valence-corrected chi connectivity index (χ3v) is 7.84. The highest BCUT2D eigenvalue weighted by Gasteiger charge is 2.44. The molecule has 8 heteroatoms. The number of amides is 1. The van der Waals surface area contributed by atoms with Gasteiger partial charge in [0.15, 0.2) is 5.58 Å². The number of rotatable bonds is 3. The molecule has 1 saturated heterocycles. The summed E-state index contributed by atoms with van der Waals surface area (Å²) in [7, 11) is 0. The molecule has 0 radical (unpaired) electrons. The molecule has 0 bridgehead atoms. The van der Waals surface area contributed by atoms with Crippen molar-refractivity contribution >= 4 is 34.6 Å². The molecule has 1 aromatic heterocycles. The van der Waals surface area contributed by atoms with E-state index in [-0.39, 0.29) is 24.8 Å². The van der Waals surface area contributed by atoms with E-state index in [4.69, 9.17) is 16.0 Å². The van der Waals surface area contributed by atoms with Gasteiger partial charge in [-0.1, -0.05) is 11.6 Å². The zero-order valence-electron chi connectivity index (χ0n) is 17.5. The molecule has 2 aromatic rings. The molecule has 2 aliphatic carbocycles. The topological polar surface area (TPSA) is 58.4 Å². The maximum Gasteiger partial charge on any atom is 0.298 e. The fourth-order valence-corrected chi connectivity index (χ4v) is 5.73. The lowest BCUT2D eigenvalue weighted by Gasteiger charge is -2.45. The molecule has 5 nitrogen and oxygen atoms in total. The smallest absolute Gasteiger partial charge is 0.298 e. The fraction of sp³-hybridized carbons (Fsp3) is 0.652. The summed E-state index contributed by atoms with van der Waals surface area (Å²) < 4.78 is 32.7. The van der Waals surface area contributed by atoms with E-state index >= 15 is 0 Å². The fourth-order valence-electron chi connectivity index (χ4n) is 5.56. The van der Waals surface area contributed by atoms with Crippen molar-refractivity contribution < 1.29 is 18.0 Å². The quantitative estimate of drug-likeness (QED) is 0.663. The number of anilines is 1. The summed E-state index contributed by atoms with van der Waals surface area (Å²) in [4.78, 5) is 19.2. The van der Waals surface area contributed by atoms with Gasteiger partial charge in [0.25, 0.3) is 6.01 Å². The van der Waals surface area contributed by atoms with Crippen LogP contribution in [0.3, 0.4) is 0 Å². The highest BCUT2D eigenvalue weighted by molar-refractivity contribution is 6.31. The number of hydrogen-bond acceptors (Lipinski definition) is 4. The van der Waals surface area contributed by atoms with Crippen molar-refractivity contribution in [3.63, 3.8) is 0 Å². The predicted octanol–water partition coefficient (Wildman–Crippen LogP) is 5.56. The minimum Gasteiger partial charge on any atom is -0.423 e. The van der Waals surface area contributed by atoms with E-state index in [1.165, 1.54) is 0 Å². The van der Waals surface area contributed by atoms with Crippen LogP contribution in [-0.4, -0.2) is 35.9 Å². The zero-order valence-corrected chi connectivity index (χ0v) is 18.3. The van der Waals surface area contributed by atoms with Crippen LogP contribution in [0.25, 0.3) is 11.1 Å². The number of benzene rings is 1. The first kappa shape index (κ1) is 21.0. The summed E-state index contributed by atoms with van der Waals surface area (Å²) in [6.45, 7) is 1.80. The monoisotopic (exact) mass is 451 g/mol. The number of piperidine rings is 1. The first-order valence-electron chi connectivity index (χ1n) is 11.3. The van der Waals surface area contributed by atoms with Crippen LogP contribution in [0.5, 0.6) is 0 Å². The lowest BCUT2D eigenvalue weighted by Crippen LogP contribution is -2.46. The summed E-state index contributed by atoms with van der Waals surface area (Å²) in [5.74, 6) is -3.38. The molecule has 1 aliphatic heterocycles. The van der Waals surface area contributed by atoms with Gasteiger partial charge in [-0.3, -0.25) is 4.79 Å². The number of carbonyl (C=O) groups is 1. The van der Waals surface area contributed by atoms with Crippen LogP contribution in [0.1, 0.15) is 57.8 Å². The maximum atomic E-state index is 13.4. The Kier molecular flexibility index (Phi) is 5.35. The van der Waals surface area contributed by atoms with Gasteiger partial charge in [-0.05, 0) is 68.6 Å². The largest absolute Gasteiger partial charge is 0.423 e. The van der Waals surface area contributed by atoms with Crippen LogP contribution in [0, 0.1) is 11.3 Å². The summed E-state index contributed by atoms with van der Waals surface area (Å²) in [5.41, 5.74) is 1.82. The van der Waals surface area contributed by atoms with Gasteiger partial charge >= 0.3 is 0 Å². The van der Waals surface area contributed by atoms with Crippen LogP contribution in [0.4, 0.5) is 14.8 Å². The Balaban J connectivity index is 1.13. The third kappa shape index (κ3) is 4.38. The minimum absolute atomic E-state index is 0.118. The lowest BCUT2D eigenvalue weighted by atomic mass is 9.67. The summed E-state index contributed by atoms with van der Waals surface area (Å²) in [5, 5.41) is 3.70. The predicted molar refractivity (Wildman–Crippen MR) is 116 cm³/mol. The Hall–Kier alpha value is -1.89. The van der Waals surface area contributed by atoms with Crippen molar-refractivity contribution in [1.29, 1.82) is 0 Å². The Morgan fingerprint density at radius 3 is 2.55 bits per heavy atom. The number of oxazole rings is 1. The Labute approximate surface area is 185 Å². The Bertz CT molecular complexity index is 961. The SMILES string of the molecule is O=C(NC1CCC2(CC1)CCN(c1nc3cc(Cl)ccc3o1)CC2)C1CCC(F)(F)C1. The molecule has 3 fully saturated rings. The number of alkyl halides is 2. The van der Waals surface area contributed by atoms with E-state index in [1.54, 1.807) is 6.07 Å². The van der Waals surface area contributed by atoms with E-state index in [2.05, 4.69) is 15.2 Å². The molecule has 2 saturated carbocycles. The molecule has 1 unspecified atom stereocenters. The van der Waals surface area contributed by atoms with Gasteiger partial charge in [0, 0.05) is 42.9 Å². The molecule has 1 aromatic carbocycles. The third-order valence-electron chi connectivity index (χ3n) is 7.60. The first-order chi connectivity index (χ1) is 14.8. The highest BCUT2D eigenvalue weighted by atomic mass is 35.5. The Morgan fingerprint density at radius 2 is 1.87 bits per heavy atom. The summed E-state index contributed by atoms with van der Waals surface area (Å²) in [6, 6.07) is 6.24. The van der Waals surface area contributed by atoms with Gasteiger partial charge in [-0.15, -0.1) is 0 Å². The van der Waals surface area contributed by atoms with E-state index in [0.717, 1.165) is 62.7 Å². The number of hydrogen-bond donors (Lipinski definition) is 1. The molecule has 1 N–H and O–H groups in total. The first-order valence-corrected chi connectivity index (χ1v) is 11.7. The molecule has 168 valence electrons. The molecular weight excluding hydrogens is 424 g/mol. The van der Waals surface area contributed by atoms with Crippen LogP contribution in [-0.2, 0) is 4.79 Å². The number of carbonyl (C=O) groups excluding carboxylic acids is 1. The second kappa shape index (κ2) is 7.91. The normalized spacial score (nSPS) is 25.9. The number of halogens is 3. The van der Waals surface area contributed by atoms with Crippen molar-refractivity contribution in [3.8, 4) is 0 Å². The molecule has 3 aliphatic rings. The van der Waals surface area contributed by atoms with Gasteiger partial charge < -0.3 is 14.6 Å². The van der Waals surface area contributed by atoms with E-state index in [0.29, 0.717) is 22.9 Å². The Morgan fingerprint density at radius 1 is 1.13 bits per heavy atom. The van der Waals surface area contributed by atoms with Gasteiger partial charge in [0.05, 0.1) is 0 Å². The van der Waals surface area contributed by atoms with Gasteiger partial charge in [0.1, 0.15) is 5.52 Å². The number of aromatic nitrogens is 1. The van der Waals surface area contributed by atoms with Gasteiger partial charge in [-0.25, -0.2) is 8.78 Å².